The van der Waals surface area contributed by atoms with Gasteiger partial charge in [0.2, 0.25) is 0 Å². The molecule has 7 heteroatoms. The molecule has 0 bridgehead atoms. The summed E-state index contributed by atoms with van der Waals surface area (Å²) in [7, 11) is 0. The Balaban J connectivity index is 1.75. The third-order valence-electron chi connectivity index (χ3n) is 3.56. The molecule has 0 unspecified atom stereocenters. The lowest BCUT2D eigenvalue weighted by molar-refractivity contribution is 0.0691. The smallest absolute Gasteiger partial charge is 0.352 e. The third-order valence-corrected chi connectivity index (χ3v) is 3.56. The molecular formula is C15H11N5O2. The van der Waals surface area contributed by atoms with Crippen LogP contribution in [0.4, 0.5) is 11.5 Å². The van der Waals surface area contributed by atoms with E-state index in [9.17, 15) is 4.79 Å². The number of H-pyrrole nitrogens is 1. The molecule has 0 saturated heterocycles. The lowest BCUT2D eigenvalue weighted by atomic mass is 10.1. The summed E-state index contributed by atoms with van der Waals surface area (Å²) in [4.78, 5) is 26.3. The summed E-state index contributed by atoms with van der Waals surface area (Å²) in [5.74, 6) is -0.471. The third kappa shape index (κ3) is 1.99. The molecule has 0 spiro atoms. The number of benzene rings is 1. The molecule has 1 aliphatic rings. The van der Waals surface area contributed by atoms with Gasteiger partial charge in [0, 0.05) is 11.9 Å². The van der Waals surface area contributed by atoms with E-state index >= 15 is 0 Å². The number of hydrogen-bond donors (Lipinski definition) is 3. The molecular weight excluding hydrogens is 282 g/mol. The van der Waals surface area contributed by atoms with Gasteiger partial charge in [0.05, 0.1) is 11.9 Å². The van der Waals surface area contributed by atoms with Crippen molar-refractivity contribution in [3.63, 3.8) is 0 Å². The highest BCUT2D eigenvalue weighted by Gasteiger charge is 2.13. The second-order valence-electron chi connectivity index (χ2n) is 4.98. The van der Waals surface area contributed by atoms with Gasteiger partial charge in [0.1, 0.15) is 23.5 Å². The second kappa shape index (κ2) is 4.66. The minimum atomic E-state index is -1.03. The monoisotopic (exact) mass is 293 g/mol. The predicted molar refractivity (Wildman–Crippen MR) is 81.9 cm³/mol. The van der Waals surface area contributed by atoms with Crippen molar-refractivity contribution in [2.24, 2.45) is 4.99 Å². The molecule has 1 aromatic carbocycles. The summed E-state index contributed by atoms with van der Waals surface area (Å²) in [6.07, 6.45) is 3.23. The summed E-state index contributed by atoms with van der Waals surface area (Å²) in [6.45, 7) is 0.715. The topological polar surface area (TPSA) is 103 Å². The quantitative estimate of drug-likeness (QED) is 0.687. The first kappa shape index (κ1) is 12.5. The molecule has 4 rings (SSSR count). The Kier molecular flexibility index (Phi) is 2.65. The average molecular weight is 293 g/mol. The summed E-state index contributed by atoms with van der Waals surface area (Å²) in [6, 6.07) is 7.48. The van der Waals surface area contributed by atoms with E-state index < -0.39 is 5.97 Å². The Bertz CT molecular complexity index is 929. The van der Waals surface area contributed by atoms with Crippen LogP contribution < -0.4 is 5.32 Å². The molecule has 108 valence electrons. The van der Waals surface area contributed by atoms with Crippen molar-refractivity contribution in [1.82, 2.24) is 15.0 Å². The van der Waals surface area contributed by atoms with Gasteiger partial charge in [-0.15, -0.1) is 0 Å². The normalized spacial score (nSPS) is 12.5. The van der Waals surface area contributed by atoms with Crippen LogP contribution in [0.2, 0.25) is 0 Å². The first-order valence-electron chi connectivity index (χ1n) is 6.67. The molecule has 0 fully saturated rings. The zero-order valence-corrected chi connectivity index (χ0v) is 11.4. The number of carbonyl (C=O) groups is 1. The number of carboxylic acid groups (broad SMARTS) is 1. The van der Waals surface area contributed by atoms with Crippen LogP contribution in [-0.2, 0) is 6.54 Å². The van der Waals surface area contributed by atoms with Crippen molar-refractivity contribution >= 4 is 34.7 Å². The van der Waals surface area contributed by atoms with Crippen LogP contribution >= 0.6 is 0 Å². The molecule has 1 aliphatic heterocycles. The fraction of sp³-hybridized carbons (Fsp3) is 0.0667. The first-order valence-corrected chi connectivity index (χ1v) is 6.67. The molecule has 3 heterocycles. The van der Waals surface area contributed by atoms with Crippen LogP contribution in [-0.4, -0.2) is 32.2 Å². The fourth-order valence-electron chi connectivity index (χ4n) is 2.47. The van der Waals surface area contributed by atoms with E-state index in [1.165, 1.54) is 18.0 Å². The Morgan fingerprint density at radius 1 is 1.27 bits per heavy atom. The summed E-state index contributed by atoms with van der Waals surface area (Å²) < 4.78 is 0. The van der Waals surface area contributed by atoms with Gasteiger partial charge in [-0.2, -0.15) is 0 Å². The Hall–Kier alpha value is -3.22. The fourth-order valence-corrected chi connectivity index (χ4v) is 2.47. The van der Waals surface area contributed by atoms with Gasteiger partial charge in [0.25, 0.3) is 0 Å². The largest absolute Gasteiger partial charge is 0.477 e. The van der Waals surface area contributed by atoms with E-state index in [1.54, 1.807) is 0 Å². The maximum absolute atomic E-state index is 11.1. The molecule has 0 radical (unpaired) electrons. The van der Waals surface area contributed by atoms with Gasteiger partial charge in [-0.1, -0.05) is 6.07 Å². The van der Waals surface area contributed by atoms with Gasteiger partial charge in [-0.05, 0) is 29.3 Å². The number of aromatic carboxylic acids is 1. The van der Waals surface area contributed by atoms with E-state index in [1.807, 2.05) is 24.4 Å². The lowest BCUT2D eigenvalue weighted by Crippen LogP contribution is -1.96. The maximum Gasteiger partial charge on any atom is 0.352 e. The first-order chi connectivity index (χ1) is 10.7. The van der Waals surface area contributed by atoms with E-state index in [-0.39, 0.29) is 5.69 Å². The number of aliphatic imine (C=N–C) groups is 1. The minimum absolute atomic E-state index is 0.0830. The van der Waals surface area contributed by atoms with Crippen molar-refractivity contribution < 1.29 is 9.90 Å². The Morgan fingerprint density at radius 3 is 3.05 bits per heavy atom. The van der Waals surface area contributed by atoms with Crippen molar-refractivity contribution in [2.75, 3.05) is 5.32 Å². The number of nitrogens with zero attached hydrogens (tertiary/aromatic N) is 3. The van der Waals surface area contributed by atoms with E-state index in [4.69, 9.17) is 5.11 Å². The number of nitrogens with one attached hydrogen (secondary N) is 2. The van der Waals surface area contributed by atoms with E-state index in [0.717, 1.165) is 11.3 Å². The number of carboxylic acids is 1. The van der Waals surface area contributed by atoms with Crippen LogP contribution in [0, 0.1) is 0 Å². The lowest BCUT2D eigenvalue weighted by Gasteiger charge is -2.07. The average Bonchev–Trinajstić information content (AvgIpc) is 3.13. The van der Waals surface area contributed by atoms with Crippen molar-refractivity contribution in [3.8, 4) is 0 Å². The van der Waals surface area contributed by atoms with E-state index in [2.05, 4.69) is 25.3 Å². The second-order valence-corrected chi connectivity index (χ2v) is 4.98. The highest BCUT2D eigenvalue weighted by molar-refractivity contribution is 5.97. The number of fused-ring (bicyclic) bond motifs is 2. The van der Waals surface area contributed by atoms with Gasteiger partial charge in [0.15, 0.2) is 0 Å². The zero-order valence-electron chi connectivity index (χ0n) is 11.4. The maximum atomic E-state index is 11.1. The van der Waals surface area contributed by atoms with Crippen LogP contribution in [0.15, 0.2) is 35.6 Å². The van der Waals surface area contributed by atoms with Gasteiger partial charge in [-0.25, -0.2) is 14.8 Å². The van der Waals surface area contributed by atoms with Crippen LogP contribution in [0.5, 0.6) is 0 Å². The SMILES string of the molecule is O=C(O)c1cc2c(Nc3ccc4c(c3)C=NC4)ncnc2[nH]1. The Morgan fingerprint density at radius 2 is 2.18 bits per heavy atom. The number of aromatic amines is 1. The molecule has 7 nitrogen and oxygen atoms in total. The minimum Gasteiger partial charge on any atom is -0.477 e. The molecule has 0 aliphatic carbocycles. The molecule has 3 N–H and O–H groups in total. The van der Waals surface area contributed by atoms with Gasteiger partial charge < -0.3 is 15.4 Å². The highest BCUT2D eigenvalue weighted by Crippen LogP contribution is 2.26. The molecule has 0 amide bonds. The van der Waals surface area contributed by atoms with Gasteiger partial charge >= 0.3 is 5.97 Å². The predicted octanol–water partition coefficient (Wildman–Crippen LogP) is 2.33. The standard InChI is InChI=1S/C15H11N5O2/c21-15(22)12-4-11-13(17-7-18-14(11)20-12)19-10-2-1-8-5-16-6-9(8)3-10/h1-4,6-7H,5H2,(H,21,22)(H2,17,18,19,20). The number of hydrogen-bond acceptors (Lipinski definition) is 5. The van der Waals surface area contributed by atoms with Crippen LogP contribution in [0.1, 0.15) is 21.6 Å². The van der Waals surface area contributed by atoms with Crippen molar-refractivity contribution in [3.05, 3.63) is 47.4 Å². The number of anilines is 2. The summed E-state index contributed by atoms with van der Waals surface area (Å²) in [5.41, 5.74) is 3.70. The molecule has 22 heavy (non-hydrogen) atoms. The van der Waals surface area contributed by atoms with Crippen molar-refractivity contribution in [1.29, 1.82) is 0 Å². The van der Waals surface area contributed by atoms with Crippen LogP contribution in [0.25, 0.3) is 11.0 Å². The van der Waals surface area contributed by atoms with Crippen LogP contribution in [0.3, 0.4) is 0 Å². The molecule has 0 atom stereocenters. The van der Waals surface area contributed by atoms with Gasteiger partial charge in [-0.3, -0.25) is 4.99 Å². The summed E-state index contributed by atoms with van der Waals surface area (Å²) >= 11 is 0. The molecule has 2 aromatic heterocycles. The number of rotatable bonds is 3. The molecule has 3 aromatic rings. The Labute approximate surface area is 124 Å². The van der Waals surface area contributed by atoms with E-state index in [0.29, 0.717) is 23.4 Å². The highest BCUT2D eigenvalue weighted by atomic mass is 16.4. The van der Waals surface area contributed by atoms with Crippen molar-refractivity contribution in [2.45, 2.75) is 6.54 Å². The molecule has 0 saturated carbocycles. The summed E-state index contributed by atoms with van der Waals surface area (Å²) in [5, 5.41) is 12.9. The zero-order chi connectivity index (χ0) is 15.1. The number of aromatic nitrogens is 3.